The molecular formula is C15H20N2O4. The molecular weight excluding hydrogens is 272 g/mol. The lowest BCUT2D eigenvalue weighted by Crippen LogP contribution is -2.42. The van der Waals surface area contributed by atoms with Crippen LogP contribution in [0.3, 0.4) is 0 Å². The number of hydrogen-bond donors (Lipinski definition) is 2. The Bertz CT molecular complexity index is 538. The fourth-order valence-corrected chi connectivity index (χ4v) is 1.80. The summed E-state index contributed by atoms with van der Waals surface area (Å²) in [6.07, 6.45) is 1.78. The first-order valence-corrected chi connectivity index (χ1v) is 6.96. The Hall–Kier alpha value is -2.24. The highest BCUT2D eigenvalue weighted by molar-refractivity contribution is 5.96. The smallest absolute Gasteiger partial charge is 0.269 e. The van der Waals surface area contributed by atoms with Gasteiger partial charge in [0.05, 0.1) is 13.2 Å². The lowest BCUT2D eigenvalue weighted by Gasteiger charge is -2.14. The molecule has 1 aliphatic carbocycles. The Balaban J connectivity index is 2.01. The Morgan fingerprint density at radius 1 is 1.19 bits per heavy atom. The third kappa shape index (κ3) is 4.11. The fourth-order valence-electron chi connectivity index (χ4n) is 1.80. The number of rotatable bonds is 5. The number of carbonyl (C=O) groups excluding carboxylic acids is 2. The predicted octanol–water partition coefficient (Wildman–Crippen LogP) is 1.65. The van der Waals surface area contributed by atoms with Gasteiger partial charge < -0.3 is 9.47 Å². The van der Waals surface area contributed by atoms with Gasteiger partial charge in [0, 0.05) is 11.5 Å². The molecule has 114 valence electrons. The zero-order valence-corrected chi connectivity index (χ0v) is 12.4. The molecule has 1 saturated carbocycles. The van der Waals surface area contributed by atoms with Crippen molar-refractivity contribution >= 4 is 11.8 Å². The second kappa shape index (κ2) is 6.47. The van der Waals surface area contributed by atoms with Crippen molar-refractivity contribution in [1.29, 1.82) is 0 Å². The molecule has 6 heteroatoms. The number of hydrogen-bond acceptors (Lipinski definition) is 4. The van der Waals surface area contributed by atoms with E-state index in [0.29, 0.717) is 17.1 Å². The van der Waals surface area contributed by atoms with Crippen LogP contribution in [0.2, 0.25) is 0 Å². The maximum atomic E-state index is 12.0. The molecule has 0 radical (unpaired) electrons. The molecule has 21 heavy (non-hydrogen) atoms. The average Bonchev–Trinajstić information content (AvgIpc) is 3.28. The molecule has 2 rings (SSSR count). The van der Waals surface area contributed by atoms with Crippen molar-refractivity contribution in [2.45, 2.75) is 32.8 Å². The summed E-state index contributed by atoms with van der Waals surface area (Å²) in [6, 6.07) is 4.88. The van der Waals surface area contributed by atoms with Crippen molar-refractivity contribution in [3.05, 3.63) is 23.8 Å². The Morgan fingerprint density at radius 2 is 1.90 bits per heavy atom. The molecule has 1 aromatic carbocycles. The quantitative estimate of drug-likeness (QED) is 0.809. The van der Waals surface area contributed by atoms with E-state index in [-0.39, 0.29) is 17.9 Å². The fraction of sp³-hybridized carbons (Fsp3) is 0.467. The molecule has 0 heterocycles. The number of methoxy groups -OCH3 is 1. The monoisotopic (exact) mass is 292 g/mol. The summed E-state index contributed by atoms with van der Waals surface area (Å²) in [6.45, 7) is 3.82. The van der Waals surface area contributed by atoms with Crippen LogP contribution in [0.4, 0.5) is 0 Å². The van der Waals surface area contributed by atoms with Crippen LogP contribution in [0, 0.1) is 5.92 Å². The minimum absolute atomic E-state index is 0.0106. The number of nitrogens with one attached hydrogen (secondary N) is 2. The third-order valence-corrected chi connectivity index (χ3v) is 3.04. The summed E-state index contributed by atoms with van der Waals surface area (Å²) in [7, 11) is 1.51. The molecule has 0 spiro atoms. The molecule has 0 aliphatic heterocycles. The van der Waals surface area contributed by atoms with Crippen molar-refractivity contribution < 1.29 is 19.1 Å². The SMILES string of the molecule is COc1cc(C(=O)NNC(=O)C2CC2)ccc1OC(C)C. The second-order valence-corrected chi connectivity index (χ2v) is 5.25. The van der Waals surface area contributed by atoms with Crippen molar-refractivity contribution in [2.75, 3.05) is 7.11 Å². The normalized spacial score (nSPS) is 13.7. The first-order chi connectivity index (χ1) is 10.0. The van der Waals surface area contributed by atoms with Gasteiger partial charge in [-0.2, -0.15) is 0 Å². The van der Waals surface area contributed by atoms with Gasteiger partial charge in [0.15, 0.2) is 11.5 Å². The molecule has 2 amide bonds. The van der Waals surface area contributed by atoms with E-state index in [2.05, 4.69) is 10.9 Å². The van der Waals surface area contributed by atoms with Gasteiger partial charge in [-0.1, -0.05) is 0 Å². The van der Waals surface area contributed by atoms with Crippen LogP contribution in [-0.2, 0) is 4.79 Å². The largest absolute Gasteiger partial charge is 0.493 e. The van der Waals surface area contributed by atoms with Crippen LogP contribution in [0.15, 0.2) is 18.2 Å². The van der Waals surface area contributed by atoms with Crippen LogP contribution >= 0.6 is 0 Å². The van der Waals surface area contributed by atoms with Crippen molar-refractivity contribution in [1.82, 2.24) is 10.9 Å². The van der Waals surface area contributed by atoms with Crippen LogP contribution in [-0.4, -0.2) is 25.0 Å². The summed E-state index contributed by atoms with van der Waals surface area (Å²) < 4.78 is 10.8. The van der Waals surface area contributed by atoms with Crippen molar-refractivity contribution in [2.24, 2.45) is 5.92 Å². The lowest BCUT2D eigenvalue weighted by atomic mass is 10.2. The summed E-state index contributed by atoms with van der Waals surface area (Å²) in [5.41, 5.74) is 5.20. The third-order valence-electron chi connectivity index (χ3n) is 3.04. The van der Waals surface area contributed by atoms with E-state index in [1.54, 1.807) is 18.2 Å². The van der Waals surface area contributed by atoms with Crippen LogP contribution in [0.25, 0.3) is 0 Å². The highest BCUT2D eigenvalue weighted by atomic mass is 16.5. The summed E-state index contributed by atoms with van der Waals surface area (Å²) >= 11 is 0. The number of amides is 2. The van der Waals surface area contributed by atoms with Crippen molar-refractivity contribution in [3.63, 3.8) is 0 Å². The van der Waals surface area contributed by atoms with Gasteiger partial charge in [0.25, 0.3) is 5.91 Å². The summed E-state index contributed by atoms with van der Waals surface area (Å²) in [5, 5.41) is 0. The number of hydrazine groups is 1. The molecule has 0 unspecified atom stereocenters. The van der Waals surface area contributed by atoms with Crippen LogP contribution in [0.5, 0.6) is 11.5 Å². The second-order valence-electron chi connectivity index (χ2n) is 5.25. The van der Waals surface area contributed by atoms with Gasteiger partial charge >= 0.3 is 0 Å². The minimum atomic E-state index is -0.390. The topological polar surface area (TPSA) is 76.7 Å². The Labute approximate surface area is 123 Å². The molecule has 1 aliphatic rings. The average molecular weight is 292 g/mol. The molecule has 1 fully saturated rings. The lowest BCUT2D eigenvalue weighted by molar-refractivity contribution is -0.123. The van der Waals surface area contributed by atoms with E-state index < -0.39 is 5.91 Å². The van der Waals surface area contributed by atoms with E-state index in [4.69, 9.17) is 9.47 Å². The molecule has 0 atom stereocenters. The van der Waals surface area contributed by atoms with Gasteiger partial charge in [-0.15, -0.1) is 0 Å². The molecule has 1 aromatic rings. The first kappa shape index (κ1) is 15.2. The zero-order valence-electron chi connectivity index (χ0n) is 12.4. The molecule has 0 saturated heterocycles. The summed E-state index contributed by atoms with van der Waals surface area (Å²) in [4.78, 5) is 23.4. The Kier molecular flexibility index (Phi) is 4.67. The molecule has 2 N–H and O–H groups in total. The van der Waals surface area contributed by atoms with Crippen LogP contribution in [0.1, 0.15) is 37.0 Å². The molecule has 0 aromatic heterocycles. The van der Waals surface area contributed by atoms with Crippen molar-refractivity contribution in [3.8, 4) is 11.5 Å². The van der Waals surface area contributed by atoms with E-state index >= 15 is 0 Å². The van der Waals surface area contributed by atoms with Gasteiger partial charge in [-0.05, 0) is 44.9 Å². The standard InChI is InChI=1S/C15H20N2O4/c1-9(2)21-12-7-6-11(8-13(12)20-3)15(19)17-16-14(18)10-4-5-10/h6-10H,4-5H2,1-3H3,(H,16,18)(H,17,19). The number of ether oxygens (including phenoxy) is 2. The maximum Gasteiger partial charge on any atom is 0.269 e. The zero-order chi connectivity index (χ0) is 15.4. The summed E-state index contributed by atoms with van der Waals surface area (Å²) in [5.74, 6) is 0.561. The minimum Gasteiger partial charge on any atom is -0.493 e. The number of benzene rings is 1. The van der Waals surface area contributed by atoms with Gasteiger partial charge in [0.2, 0.25) is 5.91 Å². The van der Waals surface area contributed by atoms with Crippen LogP contribution < -0.4 is 20.3 Å². The van der Waals surface area contributed by atoms with E-state index in [9.17, 15) is 9.59 Å². The molecule has 6 nitrogen and oxygen atoms in total. The van der Waals surface area contributed by atoms with Gasteiger partial charge in [0.1, 0.15) is 0 Å². The van der Waals surface area contributed by atoms with Gasteiger partial charge in [-0.25, -0.2) is 0 Å². The predicted molar refractivity (Wildman–Crippen MR) is 77.1 cm³/mol. The molecule has 0 bridgehead atoms. The highest BCUT2D eigenvalue weighted by Gasteiger charge is 2.29. The van der Waals surface area contributed by atoms with Gasteiger partial charge in [-0.3, -0.25) is 20.4 Å². The number of carbonyl (C=O) groups is 2. The maximum absolute atomic E-state index is 12.0. The van der Waals surface area contributed by atoms with E-state index in [1.165, 1.54) is 7.11 Å². The van der Waals surface area contributed by atoms with E-state index in [1.807, 2.05) is 13.8 Å². The van der Waals surface area contributed by atoms with E-state index in [0.717, 1.165) is 12.8 Å². The highest BCUT2D eigenvalue weighted by Crippen LogP contribution is 2.29. The Morgan fingerprint density at radius 3 is 2.48 bits per heavy atom. The first-order valence-electron chi connectivity index (χ1n) is 6.96.